The van der Waals surface area contributed by atoms with Crippen LogP contribution in [0.25, 0.3) is 0 Å². The molecule has 2 unspecified atom stereocenters. The monoisotopic (exact) mass is 262 g/mol. The molecular weight excluding hydrogens is 240 g/mol. The molecule has 0 radical (unpaired) electrons. The van der Waals surface area contributed by atoms with Gasteiger partial charge in [-0.3, -0.25) is 10.2 Å². The summed E-state index contributed by atoms with van der Waals surface area (Å²) in [5.41, 5.74) is 3.72. The first-order chi connectivity index (χ1) is 9.20. The van der Waals surface area contributed by atoms with Crippen LogP contribution in [0.15, 0.2) is 24.3 Å². The van der Waals surface area contributed by atoms with Gasteiger partial charge in [0.1, 0.15) is 0 Å². The summed E-state index contributed by atoms with van der Waals surface area (Å²) in [6.45, 7) is 2.81. The SMILES string of the molecule is CC1CCCCC1OCc1cccc(C(=O)NN)c1. The number of carbonyl (C=O) groups excluding carboxylic acids is 1. The lowest BCUT2D eigenvalue weighted by Gasteiger charge is -2.28. The van der Waals surface area contributed by atoms with Gasteiger partial charge in [-0.15, -0.1) is 0 Å². The van der Waals surface area contributed by atoms with Gasteiger partial charge in [0.2, 0.25) is 0 Å². The van der Waals surface area contributed by atoms with Crippen LogP contribution in [0.1, 0.15) is 48.5 Å². The molecule has 0 spiro atoms. The standard InChI is InChI=1S/C15H22N2O2/c1-11-5-2-3-8-14(11)19-10-12-6-4-7-13(9-12)15(18)17-16/h4,6-7,9,11,14H,2-3,5,8,10,16H2,1H3,(H,17,18). The van der Waals surface area contributed by atoms with Crippen LogP contribution < -0.4 is 11.3 Å². The lowest BCUT2D eigenvalue weighted by atomic mass is 9.88. The predicted octanol–water partition coefficient (Wildman–Crippen LogP) is 2.39. The Bertz CT molecular complexity index is 434. The zero-order valence-electron chi connectivity index (χ0n) is 11.4. The molecule has 3 N–H and O–H groups in total. The van der Waals surface area contributed by atoms with Gasteiger partial charge in [-0.05, 0) is 36.5 Å². The molecule has 1 aromatic rings. The van der Waals surface area contributed by atoms with Crippen molar-refractivity contribution >= 4 is 5.91 Å². The fourth-order valence-electron chi connectivity index (χ4n) is 2.62. The molecule has 2 atom stereocenters. The van der Waals surface area contributed by atoms with Gasteiger partial charge in [0, 0.05) is 5.56 Å². The molecule has 19 heavy (non-hydrogen) atoms. The number of hydrogen-bond acceptors (Lipinski definition) is 3. The molecule has 4 heteroatoms. The normalized spacial score (nSPS) is 23.1. The number of amides is 1. The van der Waals surface area contributed by atoms with Crippen molar-refractivity contribution in [3.05, 3.63) is 35.4 Å². The number of hydrazine groups is 1. The Morgan fingerprint density at radius 2 is 2.21 bits per heavy atom. The number of benzene rings is 1. The molecule has 1 aliphatic rings. The molecule has 1 aromatic carbocycles. The predicted molar refractivity (Wildman–Crippen MR) is 74.3 cm³/mol. The van der Waals surface area contributed by atoms with E-state index in [9.17, 15) is 4.79 Å². The van der Waals surface area contributed by atoms with Crippen LogP contribution >= 0.6 is 0 Å². The Kier molecular flexibility index (Phi) is 4.93. The molecule has 0 bridgehead atoms. The maximum Gasteiger partial charge on any atom is 0.265 e. The summed E-state index contributed by atoms with van der Waals surface area (Å²) in [5.74, 6) is 5.49. The van der Waals surface area contributed by atoms with Crippen molar-refractivity contribution in [2.24, 2.45) is 11.8 Å². The van der Waals surface area contributed by atoms with Gasteiger partial charge in [0.15, 0.2) is 0 Å². The van der Waals surface area contributed by atoms with E-state index < -0.39 is 0 Å². The average Bonchev–Trinajstić information content (AvgIpc) is 2.46. The number of hydrogen-bond donors (Lipinski definition) is 2. The van der Waals surface area contributed by atoms with Crippen LogP contribution in [0.4, 0.5) is 0 Å². The van der Waals surface area contributed by atoms with E-state index in [1.165, 1.54) is 19.3 Å². The quantitative estimate of drug-likeness (QED) is 0.497. The maximum absolute atomic E-state index is 11.4. The molecule has 1 fully saturated rings. The van der Waals surface area contributed by atoms with Crippen molar-refractivity contribution in [1.82, 2.24) is 5.43 Å². The van der Waals surface area contributed by atoms with Crippen LogP contribution in [0.2, 0.25) is 0 Å². The lowest BCUT2D eigenvalue weighted by molar-refractivity contribution is -0.0154. The number of ether oxygens (including phenoxy) is 1. The number of nitrogens with one attached hydrogen (secondary N) is 1. The molecule has 0 heterocycles. The van der Waals surface area contributed by atoms with Crippen molar-refractivity contribution in [3.63, 3.8) is 0 Å². The summed E-state index contributed by atoms with van der Waals surface area (Å²) >= 11 is 0. The number of nitrogen functional groups attached to an aromatic ring is 1. The van der Waals surface area contributed by atoms with Crippen LogP contribution in [-0.2, 0) is 11.3 Å². The van der Waals surface area contributed by atoms with Crippen molar-refractivity contribution < 1.29 is 9.53 Å². The largest absolute Gasteiger partial charge is 0.373 e. The second-order valence-corrected chi connectivity index (χ2v) is 5.29. The summed E-state index contributed by atoms with van der Waals surface area (Å²) in [4.78, 5) is 11.4. The Morgan fingerprint density at radius 1 is 1.42 bits per heavy atom. The van der Waals surface area contributed by atoms with Gasteiger partial charge in [-0.1, -0.05) is 31.9 Å². The molecule has 104 valence electrons. The molecule has 4 nitrogen and oxygen atoms in total. The minimum absolute atomic E-state index is 0.270. The molecule has 0 aromatic heterocycles. The van der Waals surface area contributed by atoms with Gasteiger partial charge >= 0.3 is 0 Å². The summed E-state index contributed by atoms with van der Waals surface area (Å²) in [7, 11) is 0. The Labute approximate surface area is 114 Å². The Hall–Kier alpha value is -1.39. The zero-order valence-corrected chi connectivity index (χ0v) is 11.4. The molecule has 0 aliphatic heterocycles. The summed E-state index contributed by atoms with van der Waals surface area (Å²) in [6.07, 6.45) is 5.31. The van der Waals surface area contributed by atoms with Gasteiger partial charge in [-0.25, -0.2) is 5.84 Å². The second kappa shape index (κ2) is 6.68. The van der Waals surface area contributed by atoms with Gasteiger partial charge in [0.25, 0.3) is 5.91 Å². The molecule has 1 aliphatic carbocycles. The minimum atomic E-state index is -0.270. The third-order valence-corrected chi connectivity index (χ3v) is 3.82. The first kappa shape index (κ1) is 14.0. The second-order valence-electron chi connectivity index (χ2n) is 5.29. The van der Waals surface area contributed by atoms with E-state index in [0.29, 0.717) is 24.2 Å². The molecule has 1 amide bonds. The summed E-state index contributed by atoms with van der Waals surface area (Å²) < 4.78 is 5.99. The molecule has 0 saturated heterocycles. The first-order valence-electron chi connectivity index (χ1n) is 6.92. The van der Waals surface area contributed by atoms with Crippen LogP contribution in [0, 0.1) is 5.92 Å². The first-order valence-corrected chi connectivity index (χ1v) is 6.92. The van der Waals surface area contributed by atoms with E-state index in [0.717, 1.165) is 12.0 Å². The van der Waals surface area contributed by atoms with Gasteiger partial charge in [0.05, 0.1) is 12.7 Å². The zero-order chi connectivity index (χ0) is 13.7. The lowest BCUT2D eigenvalue weighted by Crippen LogP contribution is -2.30. The highest BCUT2D eigenvalue weighted by Crippen LogP contribution is 2.27. The topological polar surface area (TPSA) is 64.3 Å². The third-order valence-electron chi connectivity index (χ3n) is 3.82. The van der Waals surface area contributed by atoms with E-state index in [2.05, 4.69) is 12.3 Å². The highest BCUT2D eigenvalue weighted by atomic mass is 16.5. The Morgan fingerprint density at radius 3 is 2.95 bits per heavy atom. The average molecular weight is 262 g/mol. The van der Waals surface area contributed by atoms with Crippen LogP contribution in [-0.4, -0.2) is 12.0 Å². The van der Waals surface area contributed by atoms with Crippen molar-refractivity contribution in [1.29, 1.82) is 0 Å². The van der Waals surface area contributed by atoms with Gasteiger partial charge < -0.3 is 4.74 Å². The highest BCUT2D eigenvalue weighted by molar-refractivity contribution is 5.93. The minimum Gasteiger partial charge on any atom is -0.373 e. The molecule has 1 saturated carbocycles. The fraction of sp³-hybridized carbons (Fsp3) is 0.533. The fourth-order valence-corrected chi connectivity index (χ4v) is 2.62. The smallest absolute Gasteiger partial charge is 0.265 e. The van der Waals surface area contributed by atoms with Crippen molar-refractivity contribution in [3.8, 4) is 0 Å². The summed E-state index contributed by atoms with van der Waals surface area (Å²) in [5, 5.41) is 0. The van der Waals surface area contributed by atoms with E-state index in [1.807, 2.05) is 18.2 Å². The van der Waals surface area contributed by atoms with Crippen LogP contribution in [0.3, 0.4) is 0 Å². The van der Waals surface area contributed by atoms with E-state index >= 15 is 0 Å². The van der Waals surface area contributed by atoms with Crippen molar-refractivity contribution in [2.45, 2.75) is 45.3 Å². The number of rotatable bonds is 4. The molecular formula is C15H22N2O2. The van der Waals surface area contributed by atoms with E-state index in [-0.39, 0.29) is 5.91 Å². The maximum atomic E-state index is 11.4. The number of carbonyl (C=O) groups is 1. The van der Waals surface area contributed by atoms with E-state index in [4.69, 9.17) is 10.6 Å². The van der Waals surface area contributed by atoms with Crippen LogP contribution in [0.5, 0.6) is 0 Å². The van der Waals surface area contributed by atoms with Crippen molar-refractivity contribution in [2.75, 3.05) is 0 Å². The summed E-state index contributed by atoms with van der Waals surface area (Å²) in [6, 6.07) is 7.40. The van der Waals surface area contributed by atoms with Gasteiger partial charge in [-0.2, -0.15) is 0 Å². The number of nitrogens with two attached hydrogens (primary N) is 1. The van der Waals surface area contributed by atoms with E-state index in [1.54, 1.807) is 6.07 Å². The molecule has 2 rings (SSSR count). The highest BCUT2D eigenvalue weighted by Gasteiger charge is 2.21. The third kappa shape index (κ3) is 3.78. The Balaban J connectivity index is 1.93.